The van der Waals surface area contributed by atoms with Crippen molar-refractivity contribution in [3.8, 4) is 0 Å². The zero-order chi connectivity index (χ0) is 19.2. The lowest BCUT2D eigenvalue weighted by Crippen LogP contribution is -2.41. The Labute approximate surface area is 157 Å². The summed E-state index contributed by atoms with van der Waals surface area (Å²) in [6.07, 6.45) is 2.16. The number of hydrogen-bond acceptors (Lipinski definition) is 6. The summed E-state index contributed by atoms with van der Waals surface area (Å²) in [5.41, 5.74) is 12.3. The normalized spacial score (nSPS) is 19.2. The lowest BCUT2D eigenvalue weighted by Gasteiger charge is -2.09. The van der Waals surface area contributed by atoms with Gasteiger partial charge in [0.2, 0.25) is 0 Å². The second kappa shape index (κ2) is 8.57. The van der Waals surface area contributed by atoms with Crippen LogP contribution in [-0.2, 0) is 9.53 Å². The monoisotopic (exact) mass is 366 g/mol. The van der Waals surface area contributed by atoms with Crippen LogP contribution in [0.2, 0.25) is 0 Å². The summed E-state index contributed by atoms with van der Waals surface area (Å²) >= 11 is 0. The Kier molecular flexibility index (Phi) is 5.95. The highest BCUT2D eigenvalue weighted by Crippen LogP contribution is 2.22. The van der Waals surface area contributed by atoms with Gasteiger partial charge in [-0.25, -0.2) is 21.1 Å². The average Bonchev–Trinajstić information content (AvgIpc) is 3.19. The Bertz CT molecular complexity index is 831. The van der Waals surface area contributed by atoms with Gasteiger partial charge in [0.25, 0.3) is 5.91 Å². The predicted molar refractivity (Wildman–Crippen MR) is 102 cm³/mol. The molecule has 1 aliphatic rings. The molecule has 27 heavy (non-hydrogen) atoms. The molecule has 0 bridgehead atoms. The van der Waals surface area contributed by atoms with Crippen LogP contribution in [0.1, 0.15) is 39.5 Å². The quantitative estimate of drug-likeness (QED) is 0.427. The lowest BCUT2D eigenvalue weighted by atomic mass is 10.0. The summed E-state index contributed by atoms with van der Waals surface area (Å²) in [6, 6.07) is 14.7. The first-order chi connectivity index (χ1) is 13.1. The van der Waals surface area contributed by atoms with Crippen LogP contribution in [0.25, 0.3) is 0 Å². The molecule has 3 rings (SSSR count). The van der Waals surface area contributed by atoms with Crippen molar-refractivity contribution >= 4 is 18.1 Å². The molecular formula is C20H22N4O3. The minimum atomic E-state index is -0.394. The fourth-order valence-electron chi connectivity index (χ4n) is 2.82. The average molecular weight is 366 g/mol. The van der Waals surface area contributed by atoms with Crippen molar-refractivity contribution in [2.45, 2.75) is 25.4 Å². The lowest BCUT2D eigenvalue weighted by molar-refractivity contribution is -0.122. The van der Waals surface area contributed by atoms with E-state index < -0.39 is 5.97 Å². The summed E-state index contributed by atoms with van der Waals surface area (Å²) in [5.74, 6) is -0.603. The number of rotatable bonds is 5. The Morgan fingerprint density at radius 3 is 2.48 bits per heavy atom. The predicted octanol–water partition coefficient (Wildman–Crippen LogP) is 1.84. The van der Waals surface area contributed by atoms with Crippen molar-refractivity contribution < 1.29 is 14.3 Å². The van der Waals surface area contributed by atoms with Gasteiger partial charge in [-0.15, -0.1) is 0 Å². The van der Waals surface area contributed by atoms with Gasteiger partial charge in [-0.1, -0.05) is 42.0 Å². The third-order valence-corrected chi connectivity index (χ3v) is 4.42. The summed E-state index contributed by atoms with van der Waals surface area (Å²) in [6.45, 7) is 2.04. The third kappa shape index (κ3) is 4.78. The summed E-state index contributed by atoms with van der Waals surface area (Å²) in [4.78, 5) is 23.7. The highest BCUT2D eigenvalue weighted by atomic mass is 16.5. The molecule has 7 heteroatoms. The Hall–Kier alpha value is -3.03. The first-order valence-electron chi connectivity index (χ1n) is 8.66. The number of nitrogens with zero attached hydrogens (tertiary/aromatic N) is 1. The van der Waals surface area contributed by atoms with E-state index in [0.717, 1.165) is 11.1 Å². The fourth-order valence-corrected chi connectivity index (χ4v) is 2.82. The molecule has 1 saturated heterocycles. The Morgan fingerprint density at radius 1 is 1.11 bits per heavy atom. The molecule has 2 atom stereocenters. The number of carbonyl (C=O) groups excluding carboxylic acids is 2. The van der Waals surface area contributed by atoms with E-state index in [4.69, 9.17) is 0 Å². The molecule has 3 N–H and O–H groups in total. The van der Waals surface area contributed by atoms with Crippen molar-refractivity contribution in [2.75, 3.05) is 7.11 Å². The van der Waals surface area contributed by atoms with Crippen LogP contribution in [0.4, 0.5) is 0 Å². The zero-order valence-electron chi connectivity index (χ0n) is 15.2. The van der Waals surface area contributed by atoms with Crippen LogP contribution in [0.5, 0.6) is 0 Å². The number of carbonyl (C=O) groups is 2. The Balaban J connectivity index is 1.51. The SMILES string of the molecule is COC(=O)c1ccc(/C=N/NC(=O)C2CC(c3ccc(C)cc3)NN2)cc1. The molecule has 2 unspecified atom stereocenters. The molecule has 0 saturated carbocycles. The van der Waals surface area contributed by atoms with Gasteiger partial charge in [-0.2, -0.15) is 5.10 Å². The minimum absolute atomic E-state index is 0.0798. The number of hydrazine groups is 1. The minimum Gasteiger partial charge on any atom is -0.465 e. The molecule has 2 aromatic rings. The van der Waals surface area contributed by atoms with Gasteiger partial charge in [0, 0.05) is 6.04 Å². The van der Waals surface area contributed by atoms with Crippen LogP contribution >= 0.6 is 0 Å². The number of nitrogens with one attached hydrogen (secondary N) is 3. The number of esters is 1. The maximum Gasteiger partial charge on any atom is 0.337 e. The number of aryl methyl sites for hydroxylation is 1. The first-order valence-corrected chi connectivity index (χ1v) is 8.66. The second-order valence-electron chi connectivity index (χ2n) is 6.39. The highest BCUT2D eigenvalue weighted by molar-refractivity contribution is 5.91. The van der Waals surface area contributed by atoms with Crippen LogP contribution < -0.4 is 16.3 Å². The number of amides is 1. The smallest absolute Gasteiger partial charge is 0.337 e. The number of benzene rings is 2. The van der Waals surface area contributed by atoms with Gasteiger partial charge in [0.1, 0.15) is 6.04 Å². The molecule has 0 aliphatic carbocycles. The zero-order valence-corrected chi connectivity index (χ0v) is 15.2. The summed E-state index contributed by atoms with van der Waals surface area (Å²) < 4.78 is 4.65. The van der Waals surface area contributed by atoms with Crippen molar-refractivity contribution in [2.24, 2.45) is 5.10 Å². The van der Waals surface area contributed by atoms with Crippen molar-refractivity contribution in [3.63, 3.8) is 0 Å². The molecule has 7 nitrogen and oxygen atoms in total. The van der Waals surface area contributed by atoms with E-state index in [1.807, 2.05) is 6.92 Å². The molecule has 0 spiro atoms. The van der Waals surface area contributed by atoms with E-state index in [1.54, 1.807) is 24.3 Å². The van der Waals surface area contributed by atoms with Gasteiger partial charge in [0.15, 0.2) is 0 Å². The van der Waals surface area contributed by atoms with E-state index in [9.17, 15) is 9.59 Å². The number of methoxy groups -OCH3 is 1. The van der Waals surface area contributed by atoms with Crippen LogP contribution in [0.3, 0.4) is 0 Å². The molecule has 1 amide bonds. The molecule has 1 fully saturated rings. The van der Waals surface area contributed by atoms with Gasteiger partial charge in [-0.3, -0.25) is 4.79 Å². The molecule has 2 aromatic carbocycles. The third-order valence-electron chi connectivity index (χ3n) is 4.42. The number of hydrazone groups is 1. The van der Waals surface area contributed by atoms with E-state index in [-0.39, 0.29) is 18.0 Å². The van der Waals surface area contributed by atoms with E-state index in [0.29, 0.717) is 12.0 Å². The molecule has 140 valence electrons. The number of ether oxygens (including phenoxy) is 1. The first kappa shape index (κ1) is 18.8. The van der Waals surface area contributed by atoms with Crippen LogP contribution in [-0.4, -0.2) is 31.2 Å². The maximum absolute atomic E-state index is 12.3. The number of hydrogen-bond donors (Lipinski definition) is 3. The topological polar surface area (TPSA) is 91.8 Å². The summed E-state index contributed by atoms with van der Waals surface area (Å²) in [7, 11) is 1.34. The molecular weight excluding hydrogens is 344 g/mol. The van der Waals surface area contributed by atoms with Crippen molar-refractivity contribution in [1.82, 2.24) is 16.3 Å². The standard InChI is InChI=1S/C20H22N4O3/c1-13-3-7-15(8-4-13)17-11-18(23-22-17)19(25)24-21-12-14-5-9-16(10-6-14)20(26)27-2/h3-10,12,17-18,22-23H,11H2,1-2H3,(H,24,25)/b21-12+. The van der Waals surface area contributed by atoms with Gasteiger partial charge >= 0.3 is 5.97 Å². The fraction of sp³-hybridized carbons (Fsp3) is 0.250. The largest absolute Gasteiger partial charge is 0.465 e. The van der Waals surface area contributed by atoms with Gasteiger partial charge in [-0.05, 0) is 36.6 Å². The molecule has 0 radical (unpaired) electrons. The molecule has 0 aromatic heterocycles. The van der Waals surface area contributed by atoms with Crippen LogP contribution in [0, 0.1) is 6.92 Å². The van der Waals surface area contributed by atoms with Gasteiger partial charge in [0.05, 0.1) is 18.9 Å². The van der Waals surface area contributed by atoms with E-state index in [1.165, 1.54) is 18.9 Å². The summed E-state index contributed by atoms with van der Waals surface area (Å²) in [5, 5.41) is 3.98. The van der Waals surface area contributed by atoms with E-state index >= 15 is 0 Å². The van der Waals surface area contributed by atoms with Crippen molar-refractivity contribution in [3.05, 3.63) is 70.8 Å². The van der Waals surface area contributed by atoms with Crippen molar-refractivity contribution in [1.29, 1.82) is 0 Å². The highest BCUT2D eigenvalue weighted by Gasteiger charge is 2.29. The van der Waals surface area contributed by atoms with Gasteiger partial charge < -0.3 is 4.74 Å². The van der Waals surface area contributed by atoms with E-state index in [2.05, 4.69) is 50.4 Å². The molecule has 1 aliphatic heterocycles. The Morgan fingerprint density at radius 2 is 1.81 bits per heavy atom. The van der Waals surface area contributed by atoms with Crippen LogP contribution in [0.15, 0.2) is 53.6 Å². The molecule has 1 heterocycles. The maximum atomic E-state index is 12.3. The second-order valence-corrected chi connectivity index (χ2v) is 6.39.